The zero-order valence-electron chi connectivity index (χ0n) is 17.7. The molecule has 2 aromatic carbocycles. The average Bonchev–Trinajstić information content (AvgIpc) is 3.28. The number of fused-ring (bicyclic) bond motifs is 3. The SMILES string of the molecule is O=C1CSC(=O)N1CCCCN1CC[C@@H]2[C@@H](C1)c1cc(F)ccc1N2c1ccc(F)cc1. The van der Waals surface area contributed by atoms with Gasteiger partial charge in [0, 0.05) is 43.0 Å². The maximum atomic E-state index is 14.1. The molecule has 168 valence electrons. The Morgan fingerprint density at radius 3 is 2.47 bits per heavy atom. The fourth-order valence-corrected chi connectivity index (χ4v) is 5.93. The first-order valence-corrected chi connectivity index (χ1v) is 12.0. The number of benzene rings is 2. The van der Waals surface area contributed by atoms with Crippen LogP contribution in [0.1, 0.15) is 30.7 Å². The quantitative estimate of drug-likeness (QED) is 0.586. The van der Waals surface area contributed by atoms with E-state index in [1.165, 1.54) is 23.1 Å². The first-order valence-electron chi connectivity index (χ1n) is 11.0. The molecule has 3 aliphatic heterocycles. The summed E-state index contributed by atoms with van der Waals surface area (Å²) in [6.45, 7) is 3.12. The van der Waals surface area contributed by atoms with Crippen LogP contribution < -0.4 is 4.90 Å². The topological polar surface area (TPSA) is 43.9 Å². The van der Waals surface area contributed by atoms with E-state index in [2.05, 4.69) is 9.80 Å². The minimum absolute atomic E-state index is 0.0914. The highest BCUT2D eigenvalue weighted by atomic mass is 32.2. The number of amides is 2. The van der Waals surface area contributed by atoms with Gasteiger partial charge >= 0.3 is 0 Å². The minimum Gasteiger partial charge on any atom is -0.337 e. The zero-order chi connectivity index (χ0) is 22.2. The summed E-state index contributed by atoms with van der Waals surface area (Å²) in [7, 11) is 0. The van der Waals surface area contributed by atoms with E-state index in [4.69, 9.17) is 0 Å². The number of carbonyl (C=O) groups excluding carboxylic acids is 2. The van der Waals surface area contributed by atoms with Crippen LogP contribution in [0.25, 0.3) is 0 Å². The summed E-state index contributed by atoms with van der Waals surface area (Å²) in [5.41, 5.74) is 2.94. The van der Waals surface area contributed by atoms with Gasteiger partial charge in [-0.1, -0.05) is 11.8 Å². The fraction of sp³-hybridized carbons (Fsp3) is 0.417. The number of likely N-dealkylation sites (tertiary alicyclic amines) is 1. The van der Waals surface area contributed by atoms with Gasteiger partial charge in [0.05, 0.1) is 5.75 Å². The van der Waals surface area contributed by atoms with Crippen molar-refractivity contribution in [1.82, 2.24) is 9.80 Å². The van der Waals surface area contributed by atoms with E-state index in [1.54, 1.807) is 18.2 Å². The van der Waals surface area contributed by atoms with Crippen molar-refractivity contribution in [3.63, 3.8) is 0 Å². The third-order valence-electron chi connectivity index (χ3n) is 6.69. The standard InChI is InChI=1S/C24H25F2N3O2S/c25-16-3-6-18(7-4-16)29-21-8-5-17(26)13-19(21)20-14-27(12-9-22(20)29)10-1-2-11-28-23(30)15-32-24(28)31/h3-8,13,20,22H,1-2,9-12,14-15H2/t20-,22+/m0/s1. The van der Waals surface area contributed by atoms with Crippen molar-refractivity contribution in [2.24, 2.45) is 0 Å². The van der Waals surface area contributed by atoms with Crippen LogP contribution in [-0.4, -0.2) is 58.9 Å². The van der Waals surface area contributed by atoms with Crippen LogP contribution in [0.3, 0.4) is 0 Å². The van der Waals surface area contributed by atoms with Crippen LogP contribution >= 0.6 is 11.8 Å². The second-order valence-electron chi connectivity index (χ2n) is 8.62. The lowest BCUT2D eigenvalue weighted by Gasteiger charge is -2.39. The molecule has 2 atom stereocenters. The molecule has 0 spiro atoms. The Labute approximate surface area is 190 Å². The number of piperidine rings is 1. The summed E-state index contributed by atoms with van der Waals surface area (Å²) in [6, 6.07) is 11.7. The number of halogens is 2. The van der Waals surface area contributed by atoms with E-state index in [1.807, 2.05) is 6.07 Å². The number of unbranched alkanes of at least 4 members (excludes halogenated alkanes) is 1. The number of anilines is 2. The Balaban J connectivity index is 1.26. The molecule has 0 unspecified atom stereocenters. The molecule has 5 rings (SSSR count). The van der Waals surface area contributed by atoms with Crippen molar-refractivity contribution in [2.75, 3.05) is 36.8 Å². The van der Waals surface area contributed by atoms with E-state index in [0.29, 0.717) is 6.54 Å². The van der Waals surface area contributed by atoms with Crippen LogP contribution in [0.4, 0.5) is 25.0 Å². The molecule has 0 radical (unpaired) electrons. The number of carbonyl (C=O) groups is 2. The minimum atomic E-state index is -0.269. The normalized spacial score (nSPS) is 23.1. The molecule has 2 aromatic rings. The summed E-state index contributed by atoms with van der Waals surface area (Å²) >= 11 is 1.07. The van der Waals surface area contributed by atoms with Gasteiger partial charge in [-0.2, -0.15) is 0 Å². The van der Waals surface area contributed by atoms with Gasteiger partial charge in [-0.25, -0.2) is 8.78 Å². The van der Waals surface area contributed by atoms with Crippen LogP contribution in [0.5, 0.6) is 0 Å². The lowest BCUT2D eigenvalue weighted by molar-refractivity contribution is -0.124. The largest absolute Gasteiger partial charge is 0.337 e. The van der Waals surface area contributed by atoms with Crippen molar-refractivity contribution in [3.8, 4) is 0 Å². The number of hydrogen-bond acceptors (Lipinski definition) is 5. The maximum absolute atomic E-state index is 14.1. The molecule has 2 amide bonds. The van der Waals surface area contributed by atoms with E-state index in [0.717, 1.165) is 67.6 Å². The molecule has 8 heteroatoms. The van der Waals surface area contributed by atoms with Crippen LogP contribution in [0, 0.1) is 11.6 Å². The average molecular weight is 458 g/mol. The molecule has 0 aromatic heterocycles. The maximum Gasteiger partial charge on any atom is 0.288 e. The summed E-state index contributed by atoms with van der Waals surface area (Å²) in [5, 5.41) is -0.138. The van der Waals surface area contributed by atoms with E-state index < -0.39 is 0 Å². The number of nitrogens with zero attached hydrogens (tertiary/aromatic N) is 3. The zero-order valence-corrected chi connectivity index (χ0v) is 18.5. The Hall–Kier alpha value is -2.45. The lowest BCUT2D eigenvalue weighted by Crippen LogP contribution is -2.45. The smallest absolute Gasteiger partial charge is 0.288 e. The molecule has 0 aliphatic carbocycles. The van der Waals surface area contributed by atoms with Crippen molar-refractivity contribution in [2.45, 2.75) is 31.2 Å². The van der Waals surface area contributed by atoms with Gasteiger partial charge in [-0.05, 0) is 73.8 Å². The van der Waals surface area contributed by atoms with Crippen LogP contribution in [0.2, 0.25) is 0 Å². The lowest BCUT2D eigenvalue weighted by atomic mass is 9.89. The molecule has 0 bridgehead atoms. The van der Waals surface area contributed by atoms with Gasteiger partial charge < -0.3 is 9.80 Å². The highest BCUT2D eigenvalue weighted by molar-refractivity contribution is 8.14. The number of thioether (sulfide) groups is 1. The van der Waals surface area contributed by atoms with Crippen molar-refractivity contribution < 1.29 is 18.4 Å². The third kappa shape index (κ3) is 4.01. The number of rotatable bonds is 6. The van der Waals surface area contributed by atoms with Crippen LogP contribution in [-0.2, 0) is 4.79 Å². The molecule has 2 saturated heterocycles. The highest BCUT2D eigenvalue weighted by Gasteiger charge is 2.42. The molecular formula is C24H25F2N3O2S. The molecule has 2 fully saturated rings. The van der Waals surface area contributed by atoms with Gasteiger partial charge in [0.25, 0.3) is 5.24 Å². The summed E-state index contributed by atoms with van der Waals surface area (Å²) in [5.74, 6) is -0.161. The Kier molecular flexibility index (Phi) is 5.90. The first kappa shape index (κ1) is 21.4. The Morgan fingerprint density at radius 1 is 0.969 bits per heavy atom. The van der Waals surface area contributed by atoms with E-state index >= 15 is 0 Å². The van der Waals surface area contributed by atoms with Gasteiger partial charge in [0.15, 0.2) is 0 Å². The molecule has 3 aliphatic rings. The summed E-state index contributed by atoms with van der Waals surface area (Å²) in [6.07, 6.45) is 2.62. The van der Waals surface area contributed by atoms with Gasteiger partial charge in [-0.15, -0.1) is 0 Å². The summed E-state index contributed by atoms with van der Waals surface area (Å²) < 4.78 is 27.6. The van der Waals surface area contributed by atoms with E-state index in [9.17, 15) is 18.4 Å². The van der Waals surface area contributed by atoms with Crippen molar-refractivity contribution >= 4 is 34.3 Å². The second-order valence-corrected chi connectivity index (χ2v) is 9.55. The van der Waals surface area contributed by atoms with E-state index in [-0.39, 0.29) is 40.5 Å². The highest BCUT2D eigenvalue weighted by Crippen LogP contribution is 2.48. The molecular weight excluding hydrogens is 432 g/mol. The summed E-state index contributed by atoms with van der Waals surface area (Å²) in [4.78, 5) is 29.4. The molecule has 3 heterocycles. The second kappa shape index (κ2) is 8.83. The van der Waals surface area contributed by atoms with Gasteiger partial charge in [0.1, 0.15) is 11.6 Å². The first-order chi connectivity index (χ1) is 15.5. The molecule has 5 nitrogen and oxygen atoms in total. The molecule has 32 heavy (non-hydrogen) atoms. The Morgan fingerprint density at radius 2 is 1.72 bits per heavy atom. The predicted octanol–water partition coefficient (Wildman–Crippen LogP) is 4.75. The number of imide groups is 1. The van der Waals surface area contributed by atoms with Crippen molar-refractivity contribution in [1.29, 1.82) is 0 Å². The van der Waals surface area contributed by atoms with Gasteiger partial charge in [-0.3, -0.25) is 14.5 Å². The molecule has 0 N–H and O–H groups in total. The fourth-order valence-electron chi connectivity index (χ4n) is 5.18. The number of hydrogen-bond donors (Lipinski definition) is 0. The van der Waals surface area contributed by atoms with Crippen LogP contribution in [0.15, 0.2) is 42.5 Å². The predicted molar refractivity (Wildman–Crippen MR) is 121 cm³/mol. The third-order valence-corrected chi connectivity index (χ3v) is 7.55. The van der Waals surface area contributed by atoms with Gasteiger partial charge in [0.2, 0.25) is 5.91 Å². The molecule has 0 saturated carbocycles. The van der Waals surface area contributed by atoms with Crippen molar-refractivity contribution in [3.05, 3.63) is 59.7 Å². The monoisotopic (exact) mass is 457 g/mol. The Bertz CT molecular complexity index is 1020.